The minimum absolute atomic E-state index is 0.116. The molecule has 0 saturated carbocycles. The maximum Gasteiger partial charge on any atom is 0.233 e. The number of fused-ring (bicyclic) bond motifs is 2. The van der Waals surface area contributed by atoms with Gasteiger partial charge in [-0.25, -0.2) is 0 Å². The summed E-state index contributed by atoms with van der Waals surface area (Å²) in [5.74, 6) is 0.116. The smallest absolute Gasteiger partial charge is 0.233 e. The Morgan fingerprint density at radius 1 is 1.35 bits per heavy atom. The molecule has 0 aromatic rings. The van der Waals surface area contributed by atoms with Crippen molar-refractivity contribution in [2.45, 2.75) is 31.3 Å². The van der Waals surface area contributed by atoms with Crippen LogP contribution in [0.15, 0.2) is 0 Å². The molecular weight excluding hydrogens is 218 g/mol. The Labute approximate surface area is 103 Å². The minimum Gasteiger partial charge on any atom is -0.396 e. The Balaban J connectivity index is 1.86. The lowest BCUT2D eigenvalue weighted by atomic mass is 10.2. The van der Waals surface area contributed by atoms with Crippen molar-refractivity contribution in [1.82, 2.24) is 15.1 Å². The molecule has 2 bridgehead atoms. The second-order valence-electron chi connectivity index (χ2n) is 5.07. The second-order valence-corrected chi connectivity index (χ2v) is 5.07. The van der Waals surface area contributed by atoms with Crippen LogP contribution in [0.3, 0.4) is 0 Å². The van der Waals surface area contributed by atoms with Gasteiger partial charge < -0.3 is 15.3 Å². The molecule has 2 saturated heterocycles. The Bertz CT molecular complexity index is 258. The Hall–Kier alpha value is -0.650. The molecule has 0 aliphatic carbocycles. The molecule has 0 aromatic heterocycles. The van der Waals surface area contributed by atoms with E-state index in [4.69, 9.17) is 5.11 Å². The van der Waals surface area contributed by atoms with Gasteiger partial charge >= 0.3 is 0 Å². The molecule has 1 amide bonds. The average molecular weight is 241 g/mol. The van der Waals surface area contributed by atoms with Crippen LogP contribution in [0, 0.1) is 0 Å². The number of likely N-dealkylation sites (N-methyl/N-ethyl adjacent to an activating group) is 1. The van der Waals surface area contributed by atoms with Crippen LogP contribution in [0.25, 0.3) is 0 Å². The van der Waals surface area contributed by atoms with Gasteiger partial charge in [0.25, 0.3) is 0 Å². The number of hydrogen-bond acceptors (Lipinski definition) is 4. The molecule has 2 unspecified atom stereocenters. The van der Waals surface area contributed by atoms with Crippen LogP contribution in [0.4, 0.5) is 0 Å². The number of likely N-dealkylation sites (tertiary alicyclic amines) is 1. The van der Waals surface area contributed by atoms with Gasteiger partial charge in [0, 0.05) is 45.4 Å². The Kier molecular flexibility index (Phi) is 4.36. The van der Waals surface area contributed by atoms with Crippen LogP contribution in [0.1, 0.15) is 19.3 Å². The molecule has 2 atom stereocenters. The first-order valence-corrected chi connectivity index (χ1v) is 6.54. The molecule has 17 heavy (non-hydrogen) atoms. The lowest BCUT2D eigenvalue weighted by Crippen LogP contribution is -2.55. The first kappa shape index (κ1) is 12.8. The van der Waals surface area contributed by atoms with Crippen LogP contribution in [0.2, 0.25) is 0 Å². The van der Waals surface area contributed by atoms with E-state index in [-0.39, 0.29) is 12.5 Å². The van der Waals surface area contributed by atoms with Gasteiger partial charge in [-0.3, -0.25) is 9.69 Å². The van der Waals surface area contributed by atoms with Gasteiger partial charge in [0.2, 0.25) is 5.91 Å². The van der Waals surface area contributed by atoms with Crippen LogP contribution >= 0.6 is 0 Å². The van der Waals surface area contributed by atoms with Crippen LogP contribution < -0.4 is 5.32 Å². The summed E-state index contributed by atoms with van der Waals surface area (Å²) in [7, 11) is 1.70. The molecule has 2 heterocycles. The van der Waals surface area contributed by atoms with Crippen LogP contribution in [0.5, 0.6) is 0 Å². The lowest BCUT2D eigenvalue weighted by Gasteiger charge is -2.40. The van der Waals surface area contributed by atoms with Crippen LogP contribution in [-0.2, 0) is 4.79 Å². The SMILES string of the molecule is CNC(=O)CN1C2CCC1CN(CCCO)C2. The number of rotatable bonds is 5. The predicted molar refractivity (Wildman–Crippen MR) is 65.7 cm³/mol. The molecule has 0 aromatic carbocycles. The van der Waals surface area contributed by atoms with E-state index < -0.39 is 0 Å². The van der Waals surface area contributed by atoms with Gasteiger partial charge in [-0.05, 0) is 19.3 Å². The van der Waals surface area contributed by atoms with Gasteiger partial charge in [0.1, 0.15) is 0 Å². The molecule has 0 spiro atoms. The number of aliphatic hydroxyl groups is 1. The van der Waals surface area contributed by atoms with E-state index in [2.05, 4.69) is 15.1 Å². The Morgan fingerprint density at radius 3 is 2.53 bits per heavy atom. The topological polar surface area (TPSA) is 55.8 Å². The second kappa shape index (κ2) is 5.80. The molecule has 2 rings (SSSR count). The number of nitrogens with one attached hydrogen (secondary N) is 1. The zero-order chi connectivity index (χ0) is 12.3. The molecule has 98 valence electrons. The van der Waals surface area contributed by atoms with Crippen molar-refractivity contribution in [3.05, 3.63) is 0 Å². The van der Waals surface area contributed by atoms with Crippen molar-refractivity contribution in [3.63, 3.8) is 0 Å². The fraction of sp³-hybridized carbons (Fsp3) is 0.917. The van der Waals surface area contributed by atoms with E-state index >= 15 is 0 Å². The molecule has 2 N–H and O–H groups in total. The highest BCUT2D eigenvalue weighted by molar-refractivity contribution is 5.77. The standard InChI is InChI=1S/C12H23N3O2/c1-13-12(17)9-15-10-3-4-11(15)8-14(7-10)5-2-6-16/h10-11,16H,2-9H2,1H3,(H,13,17). The highest BCUT2D eigenvalue weighted by Crippen LogP contribution is 2.29. The van der Waals surface area contributed by atoms with E-state index in [0.29, 0.717) is 18.6 Å². The maximum absolute atomic E-state index is 11.5. The highest BCUT2D eigenvalue weighted by Gasteiger charge is 2.39. The van der Waals surface area contributed by atoms with Gasteiger partial charge in [-0.2, -0.15) is 0 Å². The molecule has 0 radical (unpaired) electrons. The van der Waals surface area contributed by atoms with Crippen LogP contribution in [-0.4, -0.2) is 72.7 Å². The molecule has 2 fully saturated rings. The third kappa shape index (κ3) is 2.97. The van der Waals surface area contributed by atoms with E-state index in [0.717, 1.165) is 26.1 Å². The summed E-state index contributed by atoms with van der Waals surface area (Å²) in [4.78, 5) is 16.2. The lowest BCUT2D eigenvalue weighted by molar-refractivity contribution is -0.123. The van der Waals surface area contributed by atoms with E-state index in [1.54, 1.807) is 7.05 Å². The van der Waals surface area contributed by atoms with Gasteiger partial charge in [0.15, 0.2) is 0 Å². The maximum atomic E-state index is 11.5. The monoisotopic (exact) mass is 241 g/mol. The summed E-state index contributed by atoms with van der Waals surface area (Å²) < 4.78 is 0. The van der Waals surface area contributed by atoms with Crippen molar-refractivity contribution in [3.8, 4) is 0 Å². The number of aliphatic hydroxyl groups excluding tert-OH is 1. The number of nitrogens with zero attached hydrogens (tertiary/aromatic N) is 2. The summed E-state index contributed by atoms with van der Waals surface area (Å²) in [6.07, 6.45) is 3.27. The molecule has 2 aliphatic heterocycles. The average Bonchev–Trinajstić information content (AvgIpc) is 2.58. The van der Waals surface area contributed by atoms with Gasteiger partial charge in [-0.15, -0.1) is 0 Å². The summed E-state index contributed by atoms with van der Waals surface area (Å²) in [5.41, 5.74) is 0. The molecule has 5 heteroatoms. The van der Waals surface area contributed by atoms with E-state index in [9.17, 15) is 4.79 Å². The molecule has 5 nitrogen and oxygen atoms in total. The van der Waals surface area contributed by atoms with Gasteiger partial charge in [0.05, 0.1) is 6.54 Å². The Morgan fingerprint density at radius 2 is 2.00 bits per heavy atom. The molecular formula is C12H23N3O2. The summed E-state index contributed by atoms with van der Waals surface area (Å²) in [6, 6.07) is 1.06. The summed E-state index contributed by atoms with van der Waals surface area (Å²) >= 11 is 0. The largest absolute Gasteiger partial charge is 0.396 e. The summed E-state index contributed by atoms with van der Waals surface area (Å²) in [6.45, 7) is 3.89. The first-order chi connectivity index (χ1) is 8.24. The van der Waals surface area contributed by atoms with E-state index in [1.807, 2.05) is 0 Å². The third-order valence-electron chi connectivity index (χ3n) is 3.95. The van der Waals surface area contributed by atoms with Crippen molar-refractivity contribution >= 4 is 5.91 Å². The predicted octanol–water partition coefficient (Wildman–Crippen LogP) is -0.737. The van der Waals surface area contributed by atoms with Gasteiger partial charge in [-0.1, -0.05) is 0 Å². The zero-order valence-electron chi connectivity index (χ0n) is 10.6. The summed E-state index contributed by atoms with van der Waals surface area (Å²) in [5, 5.41) is 11.6. The van der Waals surface area contributed by atoms with Crippen molar-refractivity contribution in [2.24, 2.45) is 0 Å². The number of piperazine rings is 1. The van der Waals surface area contributed by atoms with Crippen molar-refractivity contribution in [1.29, 1.82) is 0 Å². The molecule has 2 aliphatic rings. The quantitative estimate of drug-likeness (QED) is 0.666. The highest BCUT2D eigenvalue weighted by atomic mass is 16.3. The number of carbonyl (C=O) groups is 1. The third-order valence-corrected chi connectivity index (χ3v) is 3.95. The fourth-order valence-corrected chi connectivity index (χ4v) is 3.06. The fourth-order valence-electron chi connectivity index (χ4n) is 3.06. The first-order valence-electron chi connectivity index (χ1n) is 6.54. The van der Waals surface area contributed by atoms with Crippen molar-refractivity contribution in [2.75, 3.05) is 39.8 Å². The number of hydrogen-bond donors (Lipinski definition) is 2. The number of carbonyl (C=O) groups excluding carboxylic acids is 1. The van der Waals surface area contributed by atoms with Crippen molar-refractivity contribution < 1.29 is 9.90 Å². The number of amides is 1. The van der Waals surface area contributed by atoms with E-state index in [1.165, 1.54) is 12.8 Å². The normalized spacial score (nSPS) is 29.5. The minimum atomic E-state index is 0.116. The zero-order valence-corrected chi connectivity index (χ0v) is 10.6.